The zero-order valence-corrected chi connectivity index (χ0v) is 9.92. The van der Waals surface area contributed by atoms with Crippen LogP contribution in [0.5, 0.6) is 0 Å². The van der Waals surface area contributed by atoms with E-state index < -0.39 is 0 Å². The van der Waals surface area contributed by atoms with Gasteiger partial charge in [0.25, 0.3) is 0 Å². The number of methoxy groups -OCH3 is 2. The number of fused-ring (bicyclic) bond motifs is 2. The zero-order valence-electron chi connectivity index (χ0n) is 9.92. The second kappa shape index (κ2) is 3.70. The van der Waals surface area contributed by atoms with Crippen molar-refractivity contribution in [2.24, 2.45) is 23.7 Å². The van der Waals surface area contributed by atoms with Gasteiger partial charge in [0.05, 0.1) is 38.3 Å². The van der Waals surface area contributed by atoms with Gasteiger partial charge < -0.3 is 14.2 Å². The standard InChI is InChI=1S/C12H16O5/c1-15-11(13)7-5-3-4-6(10-9(5)17-10)8(7)12(14)16-2/h5-10H,3-4H2,1-2H3/t5-,6+,7-,8+,9-,10+. The number of hydrogen-bond acceptors (Lipinski definition) is 5. The Balaban J connectivity index is 1.92. The van der Waals surface area contributed by atoms with Gasteiger partial charge in [-0.15, -0.1) is 0 Å². The summed E-state index contributed by atoms with van der Waals surface area (Å²) in [7, 11) is 2.73. The molecule has 2 bridgehead atoms. The molecule has 4 rings (SSSR count). The first-order chi connectivity index (χ1) is 8.19. The van der Waals surface area contributed by atoms with Crippen molar-refractivity contribution in [3.8, 4) is 0 Å². The third-order valence-corrected chi connectivity index (χ3v) is 4.49. The van der Waals surface area contributed by atoms with Crippen molar-refractivity contribution in [2.45, 2.75) is 25.0 Å². The van der Waals surface area contributed by atoms with Crippen molar-refractivity contribution in [1.82, 2.24) is 0 Å². The Hall–Kier alpha value is -1.10. The molecule has 3 aliphatic carbocycles. The average Bonchev–Trinajstić information content (AvgIpc) is 3.17. The molecule has 5 heteroatoms. The van der Waals surface area contributed by atoms with Gasteiger partial charge in [-0.25, -0.2) is 0 Å². The molecule has 1 saturated heterocycles. The van der Waals surface area contributed by atoms with Gasteiger partial charge in [-0.1, -0.05) is 0 Å². The maximum atomic E-state index is 11.9. The average molecular weight is 240 g/mol. The summed E-state index contributed by atoms with van der Waals surface area (Å²) in [6, 6.07) is 0. The fourth-order valence-corrected chi connectivity index (χ4v) is 3.75. The smallest absolute Gasteiger partial charge is 0.309 e. The molecule has 0 amide bonds. The molecule has 0 unspecified atom stereocenters. The SMILES string of the molecule is COC(=O)[C@@H]1[C@H]2CC[C@H]([C@@H]3O[C@H]23)[C@@H]1C(=O)OC. The molecule has 0 aromatic heterocycles. The van der Waals surface area contributed by atoms with E-state index in [-0.39, 0.29) is 47.8 Å². The Labute approximate surface area is 99.4 Å². The van der Waals surface area contributed by atoms with Crippen LogP contribution in [-0.4, -0.2) is 38.4 Å². The number of ether oxygens (including phenoxy) is 3. The monoisotopic (exact) mass is 240 g/mol. The van der Waals surface area contributed by atoms with Crippen LogP contribution in [0, 0.1) is 23.7 Å². The summed E-state index contributed by atoms with van der Waals surface area (Å²) < 4.78 is 15.3. The van der Waals surface area contributed by atoms with E-state index >= 15 is 0 Å². The minimum Gasteiger partial charge on any atom is -0.469 e. The molecule has 0 aromatic carbocycles. The van der Waals surface area contributed by atoms with Crippen LogP contribution in [0.15, 0.2) is 0 Å². The maximum absolute atomic E-state index is 11.9. The van der Waals surface area contributed by atoms with Gasteiger partial charge in [0.2, 0.25) is 0 Å². The Morgan fingerprint density at radius 1 is 0.941 bits per heavy atom. The molecule has 1 heterocycles. The highest BCUT2D eigenvalue weighted by molar-refractivity contribution is 5.83. The van der Waals surface area contributed by atoms with Gasteiger partial charge in [0.15, 0.2) is 0 Å². The summed E-state index contributed by atoms with van der Waals surface area (Å²) in [4.78, 5) is 23.7. The largest absolute Gasteiger partial charge is 0.469 e. The predicted octanol–water partition coefficient (Wildman–Crippen LogP) is 0.372. The van der Waals surface area contributed by atoms with E-state index in [1.165, 1.54) is 14.2 Å². The summed E-state index contributed by atoms with van der Waals surface area (Å²) in [6.45, 7) is 0. The lowest BCUT2D eigenvalue weighted by Crippen LogP contribution is -2.52. The lowest BCUT2D eigenvalue weighted by atomic mass is 9.58. The van der Waals surface area contributed by atoms with Crippen LogP contribution in [-0.2, 0) is 23.8 Å². The van der Waals surface area contributed by atoms with Gasteiger partial charge in [0, 0.05) is 11.8 Å². The summed E-state index contributed by atoms with van der Waals surface area (Å²) >= 11 is 0. The van der Waals surface area contributed by atoms with Crippen molar-refractivity contribution in [3.63, 3.8) is 0 Å². The molecule has 3 saturated carbocycles. The first kappa shape index (κ1) is 11.0. The van der Waals surface area contributed by atoms with E-state index in [9.17, 15) is 9.59 Å². The van der Waals surface area contributed by atoms with E-state index in [4.69, 9.17) is 14.2 Å². The molecule has 94 valence electrons. The Bertz CT molecular complexity index is 332. The lowest BCUT2D eigenvalue weighted by molar-refractivity contribution is -0.167. The van der Waals surface area contributed by atoms with E-state index in [0.29, 0.717) is 0 Å². The van der Waals surface area contributed by atoms with Gasteiger partial charge in [-0.05, 0) is 12.8 Å². The quantitative estimate of drug-likeness (QED) is 0.515. The fourth-order valence-electron chi connectivity index (χ4n) is 3.75. The Kier molecular flexibility index (Phi) is 2.40. The third kappa shape index (κ3) is 1.41. The summed E-state index contributed by atoms with van der Waals surface area (Å²) in [5.74, 6) is -1.11. The predicted molar refractivity (Wildman–Crippen MR) is 55.9 cm³/mol. The van der Waals surface area contributed by atoms with E-state index in [0.717, 1.165) is 12.8 Å². The number of carbonyl (C=O) groups excluding carboxylic acids is 2. The van der Waals surface area contributed by atoms with Crippen molar-refractivity contribution in [3.05, 3.63) is 0 Å². The molecular formula is C12H16O5. The summed E-state index contributed by atoms with van der Waals surface area (Å²) in [6.07, 6.45) is 2.22. The molecule has 0 spiro atoms. The number of carbonyl (C=O) groups is 2. The number of esters is 2. The molecule has 1 aliphatic heterocycles. The maximum Gasteiger partial charge on any atom is 0.309 e. The molecular weight excluding hydrogens is 224 g/mol. The number of rotatable bonds is 2. The van der Waals surface area contributed by atoms with E-state index in [1.807, 2.05) is 0 Å². The van der Waals surface area contributed by atoms with Crippen LogP contribution < -0.4 is 0 Å². The van der Waals surface area contributed by atoms with Crippen molar-refractivity contribution < 1.29 is 23.8 Å². The molecule has 6 atom stereocenters. The van der Waals surface area contributed by atoms with Gasteiger partial charge in [0.1, 0.15) is 0 Å². The van der Waals surface area contributed by atoms with Crippen molar-refractivity contribution in [1.29, 1.82) is 0 Å². The minimum atomic E-state index is -0.380. The van der Waals surface area contributed by atoms with Crippen molar-refractivity contribution in [2.75, 3.05) is 14.2 Å². The second-order valence-electron chi connectivity index (χ2n) is 5.07. The molecule has 5 nitrogen and oxygen atoms in total. The molecule has 17 heavy (non-hydrogen) atoms. The molecule has 4 fully saturated rings. The fraction of sp³-hybridized carbons (Fsp3) is 0.833. The second-order valence-corrected chi connectivity index (χ2v) is 5.07. The molecule has 0 radical (unpaired) electrons. The topological polar surface area (TPSA) is 65.1 Å². The van der Waals surface area contributed by atoms with Gasteiger partial charge in [-0.3, -0.25) is 9.59 Å². The lowest BCUT2D eigenvalue weighted by Gasteiger charge is -2.42. The molecule has 4 aliphatic rings. The molecule has 0 aromatic rings. The van der Waals surface area contributed by atoms with E-state index in [1.54, 1.807) is 0 Å². The highest BCUT2D eigenvalue weighted by Gasteiger charge is 2.67. The number of hydrogen-bond donors (Lipinski definition) is 0. The van der Waals surface area contributed by atoms with Gasteiger partial charge >= 0.3 is 11.9 Å². The van der Waals surface area contributed by atoms with Crippen LogP contribution in [0.1, 0.15) is 12.8 Å². The highest BCUT2D eigenvalue weighted by atomic mass is 16.6. The first-order valence-electron chi connectivity index (χ1n) is 6.00. The molecule has 0 N–H and O–H groups in total. The van der Waals surface area contributed by atoms with Crippen LogP contribution in [0.4, 0.5) is 0 Å². The Morgan fingerprint density at radius 2 is 1.35 bits per heavy atom. The van der Waals surface area contributed by atoms with Crippen LogP contribution in [0.3, 0.4) is 0 Å². The normalized spacial score (nSPS) is 46.0. The van der Waals surface area contributed by atoms with Crippen molar-refractivity contribution >= 4 is 11.9 Å². The zero-order chi connectivity index (χ0) is 12.2. The summed E-state index contributed by atoms with van der Waals surface area (Å²) in [5, 5.41) is 0. The first-order valence-corrected chi connectivity index (χ1v) is 6.00. The van der Waals surface area contributed by atoms with Crippen LogP contribution in [0.25, 0.3) is 0 Å². The van der Waals surface area contributed by atoms with Crippen LogP contribution >= 0.6 is 0 Å². The highest BCUT2D eigenvalue weighted by Crippen LogP contribution is 2.58. The van der Waals surface area contributed by atoms with Crippen LogP contribution in [0.2, 0.25) is 0 Å². The van der Waals surface area contributed by atoms with E-state index in [2.05, 4.69) is 0 Å². The Morgan fingerprint density at radius 3 is 1.71 bits per heavy atom. The number of epoxide rings is 1. The third-order valence-electron chi connectivity index (χ3n) is 4.49. The minimum absolute atomic E-state index is 0.126. The summed E-state index contributed by atoms with van der Waals surface area (Å²) in [5.41, 5.74) is 0. The van der Waals surface area contributed by atoms with Gasteiger partial charge in [-0.2, -0.15) is 0 Å².